The average Bonchev–Trinajstić information content (AvgIpc) is 2.68. The number of rotatable bonds is 20. The van der Waals surface area contributed by atoms with E-state index in [1.807, 2.05) is 0 Å². The van der Waals surface area contributed by atoms with Crippen LogP contribution in [0, 0.1) is 12.3 Å². The zero-order chi connectivity index (χ0) is 20.0. The number of terminal acetylenes is 1. The van der Waals surface area contributed by atoms with Crippen LogP contribution in [0.15, 0.2) is 12.2 Å². The first-order valence-electron chi connectivity index (χ1n) is 11.1. The van der Waals surface area contributed by atoms with Crippen LogP contribution in [0.25, 0.3) is 0 Å². The molecule has 0 bridgehead atoms. The SMILES string of the molecule is C#CCC/C=C\CC[C@@H](O)[C@@H](CCCCCCCCCCCC)OCOC. The van der Waals surface area contributed by atoms with Crippen LogP contribution in [0.4, 0.5) is 0 Å². The number of hydrogen-bond donors (Lipinski definition) is 1. The molecule has 0 amide bonds. The number of aliphatic hydroxyl groups excluding tert-OH is 1. The van der Waals surface area contributed by atoms with Crippen molar-refractivity contribution < 1.29 is 14.6 Å². The molecule has 0 saturated heterocycles. The Morgan fingerprint density at radius 2 is 1.48 bits per heavy atom. The molecule has 0 aliphatic rings. The second-order valence-electron chi connectivity index (χ2n) is 7.44. The van der Waals surface area contributed by atoms with Gasteiger partial charge in [-0.25, -0.2) is 0 Å². The average molecular weight is 381 g/mol. The van der Waals surface area contributed by atoms with Crippen LogP contribution in [0.2, 0.25) is 0 Å². The maximum absolute atomic E-state index is 10.4. The van der Waals surface area contributed by atoms with Crippen LogP contribution in [0.3, 0.4) is 0 Å². The molecule has 3 heteroatoms. The highest BCUT2D eigenvalue weighted by Crippen LogP contribution is 2.17. The lowest BCUT2D eigenvalue weighted by atomic mass is 10.0. The van der Waals surface area contributed by atoms with Gasteiger partial charge in [-0.3, -0.25) is 0 Å². The normalized spacial score (nSPS) is 13.7. The number of methoxy groups -OCH3 is 1. The summed E-state index contributed by atoms with van der Waals surface area (Å²) in [6.45, 7) is 2.51. The summed E-state index contributed by atoms with van der Waals surface area (Å²) in [7, 11) is 1.62. The van der Waals surface area contributed by atoms with E-state index in [0.29, 0.717) is 0 Å². The predicted molar refractivity (Wildman–Crippen MR) is 116 cm³/mol. The quantitative estimate of drug-likeness (QED) is 0.115. The van der Waals surface area contributed by atoms with E-state index < -0.39 is 6.10 Å². The van der Waals surface area contributed by atoms with Gasteiger partial charge in [-0.1, -0.05) is 83.3 Å². The number of unbranched alkanes of at least 4 members (excludes halogenated alkanes) is 10. The number of aliphatic hydroxyl groups is 1. The molecule has 0 aliphatic carbocycles. The highest BCUT2D eigenvalue weighted by Gasteiger charge is 2.18. The van der Waals surface area contributed by atoms with E-state index in [1.165, 1.54) is 57.8 Å². The van der Waals surface area contributed by atoms with Crippen molar-refractivity contribution in [3.05, 3.63) is 12.2 Å². The maximum atomic E-state index is 10.4. The molecule has 0 rings (SSSR count). The lowest BCUT2D eigenvalue weighted by molar-refractivity contribution is -0.116. The van der Waals surface area contributed by atoms with Gasteiger partial charge in [-0.2, -0.15) is 0 Å². The third-order valence-corrected chi connectivity index (χ3v) is 4.92. The summed E-state index contributed by atoms with van der Waals surface area (Å²) in [5, 5.41) is 10.4. The van der Waals surface area contributed by atoms with Gasteiger partial charge in [0.1, 0.15) is 6.79 Å². The van der Waals surface area contributed by atoms with Gasteiger partial charge in [0, 0.05) is 13.5 Å². The molecule has 0 saturated carbocycles. The molecule has 0 aromatic carbocycles. The van der Waals surface area contributed by atoms with Gasteiger partial charge in [0.25, 0.3) is 0 Å². The van der Waals surface area contributed by atoms with Crippen LogP contribution in [-0.4, -0.2) is 31.2 Å². The Bertz CT molecular complexity index is 359. The van der Waals surface area contributed by atoms with Crippen molar-refractivity contribution in [3.63, 3.8) is 0 Å². The molecular formula is C24H44O3. The van der Waals surface area contributed by atoms with E-state index in [4.69, 9.17) is 15.9 Å². The van der Waals surface area contributed by atoms with Gasteiger partial charge in [-0.15, -0.1) is 12.3 Å². The second kappa shape index (κ2) is 21.5. The second-order valence-corrected chi connectivity index (χ2v) is 7.44. The van der Waals surface area contributed by atoms with E-state index in [-0.39, 0.29) is 12.9 Å². The zero-order valence-corrected chi connectivity index (χ0v) is 18.0. The molecule has 27 heavy (non-hydrogen) atoms. The molecular weight excluding hydrogens is 336 g/mol. The standard InChI is InChI=1S/C24H44O3/c1-4-6-8-10-12-13-14-15-17-19-21-24(27-22-26-3)23(25)20-18-16-11-9-7-5-2/h2,11,16,23-25H,4,6-10,12-15,17-22H2,1,3H3/b16-11-/t23-,24-/m1/s1. The minimum absolute atomic E-state index is 0.127. The van der Waals surface area contributed by atoms with Gasteiger partial charge in [-0.05, 0) is 25.7 Å². The first-order chi connectivity index (χ1) is 13.3. The lowest BCUT2D eigenvalue weighted by Crippen LogP contribution is -2.29. The molecule has 0 heterocycles. The van der Waals surface area contributed by atoms with Crippen molar-refractivity contribution in [2.45, 2.75) is 115 Å². The molecule has 0 spiro atoms. The van der Waals surface area contributed by atoms with E-state index in [0.717, 1.165) is 38.5 Å². The first kappa shape index (κ1) is 26.2. The summed E-state index contributed by atoms with van der Waals surface area (Å²) < 4.78 is 10.7. The third kappa shape index (κ3) is 18.3. The molecule has 3 nitrogen and oxygen atoms in total. The first-order valence-corrected chi connectivity index (χ1v) is 11.1. The van der Waals surface area contributed by atoms with E-state index in [9.17, 15) is 5.11 Å². The largest absolute Gasteiger partial charge is 0.390 e. The van der Waals surface area contributed by atoms with E-state index >= 15 is 0 Å². The van der Waals surface area contributed by atoms with Crippen molar-refractivity contribution in [1.82, 2.24) is 0 Å². The number of ether oxygens (including phenoxy) is 2. The van der Waals surface area contributed by atoms with Gasteiger partial charge in [0.2, 0.25) is 0 Å². The number of hydrogen-bond acceptors (Lipinski definition) is 3. The van der Waals surface area contributed by atoms with Crippen LogP contribution >= 0.6 is 0 Å². The minimum Gasteiger partial charge on any atom is -0.390 e. The summed E-state index contributed by atoms with van der Waals surface area (Å²) in [6, 6.07) is 0. The Balaban J connectivity index is 3.82. The maximum Gasteiger partial charge on any atom is 0.146 e. The van der Waals surface area contributed by atoms with Crippen molar-refractivity contribution in [2.24, 2.45) is 0 Å². The van der Waals surface area contributed by atoms with E-state index in [1.54, 1.807) is 7.11 Å². The molecule has 158 valence electrons. The Morgan fingerprint density at radius 3 is 2.07 bits per heavy atom. The molecule has 0 aliphatic heterocycles. The van der Waals surface area contributed by atoms with Gasteiger partial charge >= 0.3 is 0 Å². The highest BCUT2D eigenvalue weighted by atomic mass is 16.7. The summed E-state index contributed by atoms with van der Waals surface area (Å²) in [5.74, 6) is 2.63. The third-order valence-electron chi connectivity index (χ3n) is 4.92. The van der Waals surface area contributed by atoms with E-state index in [2.05, 4.69) is 25.0 Å². The van der Waals surface area contributed by atoms with Crippen molar-refractivity contribution in [3.8, 4) is 12.3 Å². The van der Waals surface area contributed by atoms with Crippen LogP contribution in [0.5, 0.6) is 0 Å². The highest BCUT2D eigenvalue weighted by molar-refractivity contribution is 4.90. The fourth-order valence-corrected chi connectivity index (χ4v) is 3.23. The Kier molecular flexibility index (Phi) is 20.8. The predicted octanol–water partition coefficient (Wildman–Crippen LogP) is 6.40. The molecule has 0 aromatic heterocycles. The van der Waals surface area contributed by atoms with Gasteiger partial charge in [0.05, 0.1) is 12.2 Å². The van der Waals surface area contributed by atoms with Crippen molar-refractivity contribution in [2.75, 3.05) is 13.9 Å². The smallest absolute Gasteiger partial charge is 0.146 e. The molecule has 0 unspecified atom stereocenters. The summed E-state index contributed by atoms with van der Waals surface area (Å²) in [4.78, 5) is 0. The monoisotopic (exact) mass is 380 g/mol. The lowest BCUT2D eigenvalue weighted by Gasteiger charge is -2.22. The Hall–Kier alpha value is -0.820. The number of allylic oxidation sites excluding steroid dienone is 2. The fraction of sp³-hybridized carbons (Fsp3) is 0.833. The zero-order valence-electron chi connectivity index (χ0n) is 18.0. The van der Waals surface area contributed by atoms with Crippen molar-refractivity contribution >= 4 is 0 Å². The molecule has 2 atom stereocenters. The van der Waals surface area contributed by atoms with Gasteiger partial charge < -0.3 is 14.6 Å². The Labute approximate surface area is 168 Å². The van der Waals surface area contributed by atoms with Gasteiger partial charge in [0.15, 0.2) is 0 Å². The van der Waals surface area contributed by atoms with Crippen molar-refractivity contribution in [1.29, 1.82) is 0 Å². The topological polar surface area (TPSA) is 38.7 Å². The van der Waals surface area contributed by atoms with Crippen LogP contribution in [-0.2, 0) is 9.47 Å². The Morgan fingerprint density at radius 1 is 0.889 bits per heavy atom. The molecule has 0 fully saturated rings. The minimum atomic E-state index is -0.434. The van der Waals surface area contributed by atoms with Crippen LogP contribution < -0.4 is 0 Å². The molecule has 0 aromatic rings. The summed E-state index contributed by atoms with van der Waals surface area (Å²) in [5.41, 5.74) is 0. The molecule has 1 N–H and O–H groups in total. The fourth-order valence-electron chi connectivity index (χ4n) is 3.23. The summed E-state index contributed by atoms with van der Waals surface area (Å²) >= 11 is 0. The molecule has 0 radical (unpaired) electrons. The van der Waals surface area contributed by atoms with Crippen LogP contribution in [0.1, 0.15) is 103 Å². The summed E-state index contributed by atoms with van der Waals surface area (Å²) in [6.07, 6.45) is 26.2.